The van der Waals surface area contributed by atoms with Gasteiger partial charge in [-0.1, -0.05) is 48.9 Å². The lowest BCUT2D eigenvalue weighted by atomic mass is 9.95. The van der Waals surface area contributed by atoms with E-state index >= 15 is 0 Å². The van der Waals surface area contributed by atoms with Crippen LogP contribution in [0.5, 0.6) is 5.75 Å². The molecule has 1 atom stereocenters. The molecule has 9 heteroatoms. The van der Waals surface area contributed by atoms with Crippen molar-refractivity contribution < 1.29 is 23.8 Å². The van der Waals surface area contributed by atoms with Gasteiger partial charge in [-0.25, -0.2) is 9.37 Å². The average Bonchev–Trinajstić information content (AvgIpc) is 3.41. The number of thiazole rings is 1. The topological polar surface area (TPSA) is 79.7 Å². The molecule has 0 radical (unpaired) electrons. The van der Waals surface area contributed by atoms with E-state index in [1.165, 1.54) is 23.1 Å². The van der Waals surface area contributed by atoms with Crippen molar-refractivity contribution in [1.82, 2.24) is 4.98 Å². The van der Waals surface area contributed by atoms with E-state index < -0.39 is 23.5 Å². The second kappa shape index (κ2) is 10.6. The molecule has 4 aromatic rings. The summed E-state index contributed by atoms with van der Waals surface area (Å²) in [6, 6.07) is 16.6. The molecule has 1 aromatic heterocycles. The molecule has 3 aromatic carbocycles. The first kappa shape index (κ1) is 25.9. The van der Waals surface area contributed by atoms with Gasteiger partial charge in [-0.3, -0.25) is 14.5 Å². The number of nitrogens with zero attached hydrogens (tertiary/aromatic N) is 2. The van der Waals surface area contributed by atoms with Crippen LogP contribution in [0.1, 0.15) is 37.4 Å². The summed E-state index contributed by atoms with van der Waals surface area (Å²) in [5, 5.41) is 12.0. The molecule has 6 nitrogen and oxygen atoms in total. The molecule has 1 aliphatic rings. The van der Waals surface area contributed by atoms with E-state index in [0.29, 0.717) is 44.6 Å². The lowest BCUT2D eigenvalue weighted by Gasteiger charge is -2.23. The first-order chi connectivity index (χ1) is 18.2. The Morgan fingerprint density at radius 2 is 1.89 bits per heavy atom. The molecule has 1 fully saturated rings. The Morgan fingerprint density at radius 3 is 2.63 bits per heavy atom. The molecule has 1 saturated heterocycles. The van der Waals surface area contributed by atoms with Gasteiger partial charge in [0.2, 0.25) is 0 Å². The number of amides is 1. The van der Waals surface area contributed by atoms with E-state index in [0.717, 1.165) is 17.8 Å². The number of hydrogen-bond acceptors (Lipinski definition) is 6. The Labute approximate surface area is 228 Å². The molecule has 0 saturated carbocycles. The number of carbonyl (C=O) groups is 2. The fourth-order valence-corrected chi connectivity index (χ4v) is 5.43. The molecule has 5 rings (SSSR count). The van der Waals surface area contributed by atoms with E-state index in [1.54, 1.807) is 48.5 Å². The average molecular weight is 551 g/mol. The van der Waals surface area contributed by atoms with Crippen molar-refractivity contribution in [3.05, 3.63) is 94.3 Å². The second-order valence-electron chi connectivity index (χ2n) is 9.39. The van der Waals surface area contributed by atoms with Crippen molar-refractivity contribution in [1.29, 1.82) is 0 Å². The summed E-state index contributed by atoms with van der Waals surface area (Å²) in [4.78, 5) is 32.6. The highest BCUT2D eigenvalue weighted by molar-refractivity contribution is 7.22. The molecular formula is C29H24ClFN2O4S. The zero-order chi connectivity index (χ0) is 27.0. The molecule has 194 valence electrons. The van der Waals surface area contributed by atoms with Crippen LogP contribution in [0.3, 0.4) is 0 Å². The molecule has 0 spiro atoms. The van der Waals surface area contributed by atoms with Crippen molar-refractivity contribution >= 4 is 55.7 Å². The van der Waals surface area contributed by atoms with Crippen LogP contribution >= 0.6 is 22.9 Å². The molecular weight excluding hydrogens is 527 g/mol. The Balaban J connectivity index is 1.65. The highest BCUT2D eigenvalue weighted by Crippen LogP contribution is 2.45. The van der Waals surface area contributed by atoms with Gasteiger partial charge in [-0.15, -0.1) is 0 Å². The van der Waals surface area contributed by atoms with Crippen LogP contribution in [-0.2, 0) is 9.59 Å². The molecule has 1 unspecified atom stereocenters. The normalized spacial score (nSPS) is 17.1. The van der Waals surface area contributed by atoms with Crippen LogP contribution < -0.4 is 9.64 Å². The highest BCUT2D eigenvalue weighted by Gasteiger charge is 2.48. The third-order valence-electron chi connectivity index (χ3n) is 6.25. The van der Waals surface area contributed by atoms with Crippen LogP contribution in [0.25, 0.3) is 16.0 Å². The first-order valence-electron chi connectivity index (χ1n) is 12.1. The number of halogens is 2. The number of hydrogen-bond donors (Lipinski definition) is 1. The summed E-state index contributed by atoms with van der Waals surface area (Å²) in [6.45, 7) is 4.72. The third kappa shape index (κ3) is 5.01. The van der Waals surface area contributed by atoms with Gasteiger partial charge in [0.1, 0.15) is 17.3 Å². The number of carbonyl (C=O) groups excluding carboxylic acids is 2. The molecule has 2 heterocycles. The number of Topliss-reactive ketones (excluding diaryl/α,β-unsaturated/α-hetero) is 1. The Morgan fingerprint density at radius 1 is 1.13 bits per heavy atom. The highest BCUT2D eigenvalue weighted by atomic mass is 35.5. The van der Waals surface area contributed by atoms with E-state index in [2.05, 4.69) is 18.8 Å². The third-order valence-corrected chi connectivity index (χ3v) is 7.51. The van der Waals surface area contributed by atoms with Crippen LogP contribution in [0.2, 0.25) is 5.02 Å². The number of benzene rings is 3. The lowest BCUT2D eigenvalue weighted by molar-refractivity contribution is -0.132. The number of ether oxygens (including phenoxy) is 1. The van der Waals surface area contributed by atoms with E-state index in [4.69, 9.17) is 16.3 Å². The van der Waals surface area contributed by atoms with Gasteiger partial charge in [0, 0.05) is 10.6 Å². The summed E-state index contributed by atoms with van der Waals surface area (Å²) in [6.07, 6.45) is 0.863. The number of ketones is 1. The van der Waals surface area contributed by atoms with E-state index in [9.17, 15) is 19.1 Å². The van der Waals surface area contributed by atoms with Gasteiger partial charge in [0.25, 0.3) is 5.78 Å². The number of aliphatic hydroxyl groups excluding tert-OH is 1. The minimum absolute atomic E-state index is 0.0814. The Hall–Kier alpha value is -3.75. The quantitative estimate of drug-likeness (QED) is 0.150. The van der Waals surface area contributed by atoms with E-state index in [1.807, 2.05) is 0 Å². The summed E-state index contributed by atoms with van der Waals surface area (Å²) in [5.41, 5.74) is 1.32. The fourth-order valence-electron chi connectivity index (χ4n) is 4.28. The maximum atomic E-state index is 13.9. The maximum absolute atomic E-state index is 13.9. The largest absolute Gasteiger partial charge is 0.507 e. The monoisotopic (exact) mass is 550 g/mol. The summed E-state index contributed by atoms with van der Waals surface area (Å²) in [7, 11) is 0. The van der Waals surface area contributed by atoms with Crippen LogP contribution in [0, 0.1) is 11.7 Å². The minimum Gasteiger partial charge on any atom is -0.507 e. The van der Waals surface area contributed by atoms with Crippen molar-refractivity contribution in [2.75, 3.05) is 11.5 Å². The smallest absolute Gasteiger partial charge is 0.301 e. The van der Waals surface area contributed by atoms with Gasteiger partial charge >= 0.3 is 5.91 Å². The SMILES string of the molecule is CC(C)CCOc1cccc(C2/C(=C(\O)c3ccc(Cl)cc3)C(=O)C(=O)N2c2nc3ccc(F)cc3s2)c1. The summed E-state index contributed by atoms with van der Waals surface area (Å²) >= 11 is 7.10. The number of aliphatic hydroxyl groups is 1. The molecule has 38 heavy (non-hydrogen) atoms. The molecule has 0 bridgehead atoms. The van der Waals surface area contributed by atoms with Crippen molar-refractivity contribution in [3.63, 3.8) is 0 Å². The maximum Gasteiger partial charge on any atom is 0.301 e. The van der Waals surface area contributed by atoms with Gasteiger partial charge < -0.3 is 9.84 Å². The Kier molecular flexibility index (Phi) is 7.19. The standard InChI is InChI=1S/C29H24ClFN2O4S/c1-16(2)12-13-37-21-5-3-4-18(14-21)25-24(26(34)17-6-8-19(30)9-7-17)27(35)28(36)33(25)29-32-22-11-10-20(31)15-23(22)38-29/h3-11,14-16,25,34H,12-13H2,1-2H3/b26-24+. The first-order valence-corrected chi connectivity index (χ1v) is 13.3. The number of anilines is 1. The summed E-state index contributed by atoms with van der Waals surface area (Å²) in [5.74, 6) is -1.40. The minimum atomic E-state index is -0.982. The molecule has 0 aliphatic carbocycles. The molecule has 1 N–H and O–H groups in total. The predicted octanol–water partition coefficient (Wildman–Crippen LogP) is 7.14. The van der Waals surface area contributed by atoms with Crippen molar-refractivity contribution in [2.45, 2.75) is 26.3 Å². The number of rotatable bonds is 7. The number of fused-ring (bicyclic) bond motifs is 1. The zero-order valence-electron chi connectivity index (χ0n) is 20.7. The Bertz CT molecular complexity index is 1560. The fraction of sp³-hybridized carbons (Fsp3) is 0.207. The van der Waals surface area contributed by atoms with Gasteiger partial charge in [-0.05, 0) is 72.5 Å². The van der Waals surface area contributed by atoms with Crippen LogP contribution in [-0.4, -0.2) is 28.4 Å². The van der Waals surface area contributed by atoms with Gasteiger partial charge in [0.05, 0.1) is 28.4 Å². The van der Waals surface area contributed by atoms with E-state index in [-0.39, 0.29) is 16.5 Å². The predicted molar refractivity (Wildman–Crippen MR) is 147 cm³/mol. The van der Waals surface area contributed by atoms with Gasteiger partial charge in [0.15, 0.2) is 5.13 Å². The molecule has 1 amide bonds. The van der Waals surface area contributed by atoms with Crippen LogP contribution in [0.4, 0.5) is 9.52 Å². The zero-order valence-corrected chi connectivity index (χ0v) is 22.2. The van der Waals surface area contributed by atoms with Gasteiger partial charge in [-0.2, -0.15) is 0 Å². The lowest BCUT2D eigenvalue weighted by Crippen LogP contribution is -2.29. The summed E-state index contributed by atoms with van der Waals surface area (Å²) < 4.78 is 20.3. The number of aromatic nitrogens is 1. The second-order valence-corrected chi connectivity index (χ2v) is 10.8. The van der Waals surface area contributed by atoms with Crippen LogP contribution in [0.15, 0.2) is 72.3 Å². The van der Waals surface area contributed by atoms with Crippen molar-refractivity contribution in [3.8, 4) is 5.75 Å². The molecule has 1 aliphatic heterocycles. The van der Waals surface area contributed by atoms with Crippen molar-refractivity contribution in [2.24, 2.45) is 5.92 Å².